The lowest BCUT2D eigenvalue weighted by molar-refractivity contribution is 0.607. The lowest BCUT2D eigenvalue weighted by Gasteiger charge is -2.10. The Morgan fingerprint density at radius 3 is 1.40 bits per heavy atom. The zero-order valence-electron chi connectivity index (χ0n) is 22.5. The van der Waals surface area contributed by atoms with E-state index in [1.54, 1.807) is 0 Å². The predicted molar refractivity (Wildman–Crippen MR) is 152 cm³/mol. The molecule has 0 fully saturated rings. The van der Waals surface area contributed by atoms with Crippen molar-refractivity contribution < 1.29 is 0 Å². The van der Waals surface area contributed by atoms with Crippen LogP contribution in [0.3, 0.4) is 0 Å². The molecule has 0 saturated carbocycles. The van der Waals surface area contributed by atoms with E-state index in [4.69, 9.17) is 9.97 Å². The molecule has 3 aromatic rings. The molecule has 3 rings (SSSR count). The summed E-state index contributed by atoms with van der Waals surface area (Å²) in [5.74, 6) is 0.833. The van der Waals surface area contributed by atoms with Crippen LogP contribution in [0.5, 0.6) is 0 Å². The van der Waals surface area contributed by atoms with Crippen molar-refractivity contribution in [1.29, 1.82) is 0 Å². The van der Waals surface area contributed by atoms with Crippen molar-refractivity contribution in [3.8, 4) is 22.5 Å². The molecule has 2 heteroatoms. The third kappa shape index (κ3) is 9.59. The molecular weight excluding hydrogens is 424 g/mol. The van der Waals surface area contributed by atoms with E-state index in [1.807, 2.05) is 6.92 Å². The molecule has 1 heterocycles. The average Bonchev–Trinajstić information content (AvgIpc) is 2.88. The van der Waals surface area contributed by atoms with Crippen molar-refractivity contribution in [2.45, 2.75) is 111 Å². The van der Waals surface area contributed by atoms with E-state index in [1.165, 1.54) is 99.3 Å². The summed E-state index contributed by atoms with van der Waals surface area (Å²) in [6, 6.07) is 20.1. The number of hydrogen-bond acceptors (Lipinski definition) is 2. The van der Waals surface area contributed by atoms with Crippen molar-refractivity contribution in [2.75, 3.05) is 0 Å². The summed E-state index contributed by atoms with van der Waals surface area (Å²) in [6.45, 7) is 6.56. The first kappa shape index (κ1) is 27.1. The molecule has 0 aliphatic carbocycles. The monoisotopic (exact) mass is 470 g/mol. The van der Waals surface area contributed by atoms with Gasteiger partial charge >= 0.3 is 0 Å². The van der Waals surface area contributed by atoms with Crippen LogP contribution < -0.4 is 0 Å². The zero-order chi connectivity index (χ0) is 24.7. The maximum atomic E-state index is 4.80. The Labute approximate surface area is 214 Å². The lowest BCUT2D eigenvalue weighted by atomic mass is 10.00. The second-order valence-electron chi connectivity index (χ2n) is 10.1. The van der Waals surface area contributed by atoms with Crippen LogP contribution in [0.25, 0.3) is 22.5 Å². The second-order valence-corrected chi connectivity index (χ2v) is 10.1. The normalized spacial score (nSPS) is 11.2. The summed E-state index contributed by atoms with van der Waals surface area (Å²) in [7, 11) is 0. The minimum atomic E-state index is 0.833. The van der Waals surface area contributed by atoms with Gasteiger partial charge in [0, 0.05) is 11.1 Å². The molecule has 0 radical (unpaired) electrons. The number of nitrogens with zero attached hydrogens (tertiary/aromatic N) is 2. The van der Waals surface area contributed by atoms with Gasteiger partial charge in [0.05, 0.1) is 11.4 Å². The van der Waals surface area contributed by atoms with E-state index >= 15 is 0 Å². The molecule has 0 spiro atoms. The van der Waals surface area contributed by atoms with Crippen molar-refractivity contribution >= 4 is 0 Å². The highest BCUT2D eigenvalue weighted by atomic mass is 14.9. The highest BCUT2D eigenvalue weighted by Gasteiger charge is 2.08. The van der Waals surface area contributed by atoms with Gasteiger partial charge in [-0.2, -0.15) is 0 Å². The van der Waals surface area contributed by atoms with E-state index in [0.717, 1.165) is 30.1 Å². The lowest BCUT2D eigenvalue weighted by Crippen LogP contribution is -1.96. The molecule has 0 N–H and O–H groups in total. The van der Waals surface area contributed by atoms with Crippen LogP contribution in [0, 0.1) is 6.92 Å². The van der Waals surface area contributed by atoms with E-state index in [-0.39, 0.29) is 0 Å². The maximum absolute atomic E-state index is 4.80. The van der Waals surface area contributed by atoms with Crippen LogP contribution in [0.4, 0.5) is 0 Å². The van der Waals surface area contributed by atoms with Crippen LogP contribution in [0.1, 0.15) is 108 Å². The van der Waals surface area contributed by atoms with Gasteiger partial charge in [-0.05, 0) is 61.9 Å². The summed E-state index contributed by atoms with van der Waals surface area (Å²) in [5.41, 5.74) is 7.28. The zero-order valence-corrected chi connectivity index (χ0v) is 22.5. The van der Waals surface area contributed by atoms with Gasteiger partial charge in [0.25, 0.3) is 0 Å². The minimum Gasteiger partial charge on any atom is -0.233 e. The van der Waals surface area contributed by atoms with Gasteiger partial charge in [-0.25, -0.2) is 9.97 Å². The molecule has 0 aliphatic heterocycles. The molecule has 0 atom stereocenters. The third-order valence-corrected chi connectivity index (χ3v) is 6.92. The van der Waals surface area contributed by atoms with Gasteiger partial charge in [0.2, 0.25) is 0 Å². The quantitative estimate of drug-likeness (QED) is 0.195. The fraction of sp³-hybridized carbons (Fsp3) is 0.515. The molecule has 0 aliphatic rings. The summed E-state index contributed by atoms with van der Waals surface area (Å²) >= 11 is 0. The molecule has 1 aromatic heterocycles. The maximum Gasteiger partial charge on any atom is 0.126 e. The van der Waals surface area contributed by atoms with Gasteiger partial charge in [0.15, 0.2) is 0 Å². The van der Waals surface area contributed by atoms with E-state index < -0.39 is 0 Å². The van der Waals surface area contributed by atoms with Gasteiger partial charge in [-0.1, -0.05) is 114 Å². The average molecular weight is 471 g/mol. The summed E-state index contributed by atoms with van der Waals surface area (Å²) < 4.78 is 0. The fourth-order valence-corrected chi connectivity index (χ4v) is 4.85. The Hall–Kier alpha value is -2.48. The first-order valence-electron chi connectivity index (χ1n) is 14.2. The Bertz CT molecular complexity index is 930. The van der Waals surface area contributed by atoms with E-state index in [2.05, 4.69) is 68.4 Å². The Morgan fingerprint density at radius 2 is 0.943 bits per heavy atom. The molecule has 0 bridgehead atoms. The highest BCUT2D eigenvalue weighted by Crippen LogP contribution is 2.26. The number of aromatic nitrogens is 2. The largest absolute Gasteiger partial charge is 0.233 e. The summed E-state index contributed by atoms with van der Waals surface area (Å²) in [5, 5.41) is 0. The molecular formula is C33H46N2. The fourth-order valence-electron chi connectivity index (χ4n) is 4.85. The van der Waals surface area contributed by atoms with Crippen LogP contribution in [0.15, 0.2) is 54.6 Å². The van der Waals surface area contributed by atoms with Crippen molar-refractivity contribution in [3.63, 3.8) is 0 Å². The molecule has 35 heavy (non-hydrogen) atoms. The van der Waals surface area contributed by atoms with Crippen LogP contribution in [-0.4, -0.2) is 9.97 Å². The molecule has 0 unspecified atom stereocenters. The van der Waals surface area contributed by atoms with E-state index in [0.29, 0.717) is 0 Å². The number of rotatable bonds is 16. The van der Waals surface area contributed by atoms with Gasteiger partial charge in [-0.3, -0.25) is 0 Å². The van der Waals surface area contributed by atoms with Crippen LogP contribution >= 0.6 is 0 Å². The summed E-state index contributed by atoms with van der Waals surface area (Å²) in [6.07, 6.45) is 18.3. The highest BCUT2D eigenvalue weighted by molar-refractivity contribution is 5.68. The topological polar surface area (TPSA) is 25.8 Å². The molecule has 0 amide bonds. The number of unbranched alkanes of at least 4 members (excludes halogenated alkanes) is 10. The number of hydrogen-bond donors (Lipinski definition) is 0. The smallest absolute Gasteiger partial charge is 0.126 e. The number of aryl methyl sites for hydroxylation is 3. The Balaban J connectivity index is 1.65. The summed E-state index contributed by atoms with van der Waals surface area (Å²) in [4.78, 5) is 9.59. The molecule has 2 nitrogen and oxygen atoms in total. The predicted octanol–water partition coefficient (Wildman–Crippen LogP) is 9.93. The molecule has 2 aromatic carbocycles. The number of benzene rings is 2. The van der Waals surface area contributed by atoms with Crippen molar-refractivity contribution in [1.82, 2.24) is 9.97 Å². The van der Waals surface area contributed by atoms with Gasteiger partial charge in [0.1, 0.15) is 5.82 Å². The van der Waals surface area contributed by atoms with Gasteiger partial charge in [-0.15, -0.1) is 0 Å². The third-order valence-electron chi connectivity index (χ3n) is 6.92. The molecule has 0 saturated heterocycles. The van der Waals surface area contributed by atoms with Gasteiger partial charge < -0.3 is 0 Å². The molecule has 188 valence electrons. The minimum absolute atomic E-state index is 0.833. The Morgan fingerprint density at radius 1 is 0.514 bits per heavy atom. The Kier molecular flexibility index (Phi) is 12.0. The second kappa shape index (κ2) is 15.5. The standard InChI is InChI=1S/C33H46N2/c1-4-6-8-10-12-14-18-28-20-16-22-30(24-28)32-26-33(35-27(3)34-32)31-23-17-21-29(25-31)19-15-13-11-9-7-5-2/h16-17,20-26H,4-15,18-19H2,1-3H3. The van der Waals surface area contributed by atoms with Crippen molar-refractivity contribution in [2.24, 2.45) is 0 Å². The first-order chi connectivity index (χ1) is 17.2. The first-order valence-corrected chi connectivity index (χ1v) is 14.2. The van der Waals surface area contributed by atoms with E-state index in [9.17, 15) is 0 Å². The van der Waals surface area contributed by atoms with Crippen LogP contribution in [0.2, 0.25) is 0 Å². The SMILES string of the molecule is CCCCCCCCc1cccc(-c2cc(-c3cccc(CCCCCCCC)c3)nc(C)n2)c1. The van der Waals surface area contributed by atoms with Crippen molar-refractivity contribution in [3.05, 3.63) is 71.5 Å². The van der Waals surface area contributed by atoms with Crippen LogP contribution in [-0.2, 0) is 12.8 Å².